The van der Waals surface area contributed by atoms with E-state index in [1.165, 1.54) is 12.1 Å². The second-order valence-electron chi connectivity index (χ2n) is 6.58. The average molecular weight is 504 g/mol. The third-order valence-corrected chi connectivity index (χ3v) is 5.70. The lowest BCUT2D eigenvalue weighted by molar-refractivity contribution is 0.0734. The quantitative estimate of drug-likeness (QED) is 0.221. The van der Waals surface area contributed by atoms with E-state index in [0.717, 1.165) is 4.47 Å². The van der Waals surface area contributed by atoms with Gasteiger partial charge in [0.15, 0.2) is 5.76 Å². The maximum absolute atomic E-state index is 12.8. The molecule has 0 bridgehead atoms. The van der Waals surface area contributed by atoms with Crippen LogP contribution in [0.1, 0.15) is 31.8 Å². The van der Waals surface area contributed by atoms with Crippen molar-refractivity contribution >= 4 is 57.0 Å². The fourth-order valence-electron chi connectivity index (χ4n) is 3.07. The number of ketones is 1. The number of aryl methyl sites for hydroxylation is 1. The Labute approximate surface area is 191 Å². The largest absolute Gasteiger partial charge is 0.452 e. The Hall–Kier alpha value is -2.60. The van der Waals surface area contributed by atoms with Gasteiger partial charge in [0.1, 0.15) is 11.5 Å². The number of hydrogen-bond donors (Lipinski definition) is 0. The zero-order valence-corrected chi connectivity index (χ0v) is 18.6. The summed E-state index contributed by atoms with van der Waals surface area (Å²) in [6.07, 6.45) is 1.51. The van der Waals surface area contributed by atoms with Gasteiger partial charge >= 0.3 is 5.97 Å². The predicted octanol–water partition coefficient (Wildman–Crippen LogP) is 6.90. The molecule has 1 heterocycles. The Morgan fingerprint density at radius 3 is 2.40 bits per heavy atom. The summed E-state index contributed by atoms with van der Waals surface area (Å²) in [7, 11) is 0. The monoisotopic (exact) mass is 502 g/mol. The molecule has 0 aliphatic carbocycles. The van der Waals surface area contributed by atoms with Crippen LogP contribution < -0.4 is 9.47 Å². The van der Waals surface area contributed by atoms with Crippen LogP contribution in [0.25, 0.3) is 6.08 Å². The van der Waals surface area contributed by atoms with Gasteiger partial charge in [-0.05, 0) is 61.0 Å². The molecule has 0 N–H and O–H groups in total. The fraction of sp³-hybridized carbons (Fsp3) is 0.0435. The molecule has 1 aliphatic rings. The summed E-state index contributed by atoms with van der Waals surface area (Å²) >= 11 is 15.7. The molecule has 0 amide bonds. The minimum absolute atomic E-state index is 0.0967. The maximum atomic E-state index is 12.8. The molecule has 0 saturated carbocycles. The Kier molecular flexibility index (Phi) is 5.69. The van der Waals surface area contributed by atoms with Crippen molar-refractivity contribution in [3.8, 4) is 11.5 Å². The number of benzene rings is 3. The van der Waals surface area contributed by atoms with E-state index < -0.39 is 5.97 Å². The van der Waals surface area contributed by atoms with E-state index in [1.54, 1.807) is 55.5 Å². The lowest BCUT2D eigenvalue weighted by Gasteiger charge is -2.08. The van der Waals surface area contributed by atoms with Crippen molar-refractivity contribution < 1.29 is 19.1 Å². The van der Waals surface area contributed by atoms with E-state index >= 15 is 0 Å². The van der Waals surface area contributed by atoms with Crippen LogP contribution in [0.3, 0.4) is 0 Å². The van der Waals surface area contributed by atoms with E-state index in [9.17, 15) is 9.59 Å². The van der Waals surface area contributed by atoms with E-state index in [4.69, 9.17) is 32.7 Å². The van der Waals surface area contributed by atoms with Crippen molar-refractivity contribution in [3.63, 3.8) is 0 Å². The van der Waals surface area contributed by atoms with Crippen LogP contribution in [0.4, 0.5) is 0 Å². The Balaban J connectivity index is 1.63. The van der Waals surface area contributed by atoms with Gasteiger partial charge in [-0.15, -0.1) is 0 Å². The van der Waals surface area contributed by atoms with E-state index in [2.05, 4.69) is 15.9 Å². The number of carbonyl (C=O) groups is 2. The predicted molar refractivity (Wildman–Crippen MR) is 120 cm³/mol. The summed E-state index contributed by atoms with van der Waals surface area (Å²) < 4.78 is 12.1. The molecule has 0 radical (unpaired) electrons. The van der Waals surface area contributed by atoms with Crippen LogP contribution in [0.15, 0.2) is 64.8 Å². The average Bonchev–Trinajstić information content (AvgIpc) is 3.01. The molecule has 0 unspecified atom stereocenters. The number of Topliss-reactive ketones (excluding diaryl/α,β-unsaturated/α-hetero) is 1. The van der Waals surface area contributed by atoms with Gasteiger partial charge in [0.25, 0.3) is 0 Å². The first-order valence-electron chi connectivity index (χ1n) is 8.84. The number of esters is 1. The van der Waals surface area contributed by atoms with Crippen LogP contribution in [0.5, 0.6) is 11.5 Å². The van der Waals surface area contributed by atoms with Gasteiger partial charge < -0.3 is 9.47 Å². The van der Waals surface area contributed by atoms with Crippen molar-refractivity contribution in [1.82, 2.24) is 0 Å². The first-order valence-corrected chi connectivity index (χ1v) is 10.4. The Bertz CT molecular complexity index is 1200. The molecule has 4 nitrogen and oxygen atoms in total. The SMILES string of the molecule is Cc1cc(OC(=O)c2ccc(Br)cc2)cc2c1C(=O)/C(=C/c1c(Cl)cccc1Cl)O2. The zero-order chi connectivity index (χ0) is 21.4. The lowest BCUT2D eigenvalue weighted by Crippen LogP contribution is -2.08. The number of hydrogen-bond acceptors (Lipinski definition) is 4. The van der Waals surface area contributed by atoms with Gasteiger partial charge in [-0.2, -0.15) is 0 Å². The van der Waals surface area contributed by atoms with Crippen molar-refractivity contribution in [2.24, 2.45) is 0 Å². The first-order chi connectivity index (χ1) is 14.3. The molecule has 0 fully saturated rings. The number of halogens is 3. The molecule has 30 heavy (non-hydrogen) atoms. The molecule has 0 atom stereocenters. The van der Waals surface area contributed by atoms with Gasteiger partial charge in [0.05, 0.1) is 11.1 Å². The summed E-state index contributed by atoms with van der Waals surface area (Å²) in [5.74, 6) is -0.106. The molecule has 0 saturated heterocycles. The van der Waals surface area contributed by atoms with Crippen molar-refractivity contribution in [2.45, 2.75) is 6.92 Å². The van der Waals surface area contributed by atoms with Gasteiger partial charge in [-0.25, -0.2) is 4.79 Å². The lowest BCUT2D eigenvalue weighted by atomic mass is 10.0. The maximum Gasteiger partial charge on any atom is 0.343 e. The van der Waals surface area contributed by atoms with E-state index in [1.807, 2.05) is 0 Å². The van der Waals surface area contributed by atoms with Crippen molar-refractivity contribution in [2.75, 3.05) is 0 Å². The molecular formula is C23H13BrCl2O4. The number of carbonyl (C=O) groups excluding carboxylic acids is 2. The van der Waals surface area contributed by atoms with E-state index in [-0.39, 0.29) is 17.3 Å². The van der Waals surface area contributed by atoms with E-state index in [0.29, 0.717) is 38.0 Å². The van der Waals surface area contributed by atoms with Crippen molar-refractivity contribution in [1.29, 1.82) is 0 Å². The molecule has 1 aliphatic heterocycles. The highest BCUT2D eigenvalue weighted by Gasteiger charge is 2.30. The van der Waals surface area contributed by atoms with Crippen LogP contribution in [-0.2, 0) is 0 Å². The normalized spacial score (nSPS) is 13.9. The van der Waals surface area contributed by atoms with Gasteiger partial charge in [0.2, 0.25) is 5.78 Å². The molecular weight excluding hydrogens is 491 g/mol. The summed E-state index contributed by atoms with van der Waals surface area (Å²) in [5.41, 5.74) is 1.94. The Morgan fingerprint density at radius 1 is 1.07 bits per heavy atom. The first kappa shape index (κ1) is 20.7. The third kappa shape index (κ3) is 4.01. The van der Waals surface area contributed by atoms with Gasteiger partial charge in [-0.1, -0.05) is 45.2 Å². The van der Waals surface area contributed by atoms with Gasteiger partial charge in [-0.3, -0.25) is 4.79 Å². The number of fused-ring (bicyclic) bond motifs is 1. The van der Waals surface area contributed by atoms with Crippen LogP contribution in [0, 0.1) is 6.92 Å². The second kappa shape index (κ2) is 8.26. The topological polar surface area (TPSA) is 52.6 Å². The second-order valence-corrected chi connectivity index (χ2v) is 8.31. The van der Waals surface area contributed by atoms with Crippen LogP contribution in [-0.4, -0.2) is 11.8 Å². The number of allylic oxidation sites excluding steroid dienone is 1. The van der Waals surface area contributed by atoms with Crippen LogP contribution >= 0.6 is 39.1 Å². The molecule has 150 valence electrons. The summed E-state index contributed by atoms with van der Waals surface area (Å²) in [4.78, 5) is 25.2. The standard InChI is InChI=1S/C23H13BrCl2O4/c1-12-9-15(29-23(28)13-5-7-14(24)8-6-13)10-19-21(12)22(27)20(30-19)11-16-17(25)3-2-4-18(16)26/h2-11H,1H3/b20-11-. The third-order valence-electron chi connectivity index (χ3n) is 4.51. The Morgan fingerprint density at radius 2 is 1.73 bits per heavy atom. The molecule has 7 heteroatoms. The molecule has 0 aromatic heterocycles. The van der Waals surface area contributed by atoms with Crippen molar-refractivity contribution in [3.05, 3.63) is 97.1 Å². The van der Waals surface area contributed by atoms with Gasteiger partial charge in [0, 0.05) is 26.1 Å². The fourth-order valence-corrected chi connectivity index (χ4v) is 3.84. The molecule has 3 aromatic rings. The highest BCUT2D eigenvalue weighted by Crippen LogP contribution is 2.39. The summed E-state index contributed by atoms with van der Waals surface area (Å²) in [5, 5.41) is 0.811. The molecule has 3 aromatic carbocycles. The number of ether oxygens (including phenoxy) is 2. The zero-order valence-electron chi connectivity index (χ0n) is 15.5. The molecule has 0 spiro atoms. The number of rotatable bonds is 3. The highest BCUT2D eigenvalue weighted by molar-refractivity contribution is 9.10. The molecule has 4 rings (SSSR count). The minimum atomic E-state index is -0.509. The minimum Gasteiger partial charge on any atom is -0.452 e. The van der Waals surface area contributed by atoms with Crippen LogP contribution in [0.2, 0.25) is 10.0 Å². The summed E-state index contributed by atoms with van der Waals surface area (Å²) in [6.45, 7) is 1.75. The smallest absolute Gasteiger partial charge is 0.343 e. The summed E-state index contributed by atoms with van der Waals surface area (Å²) in [6, 6.07) is 15.0. The highest BCUT2D eigenvalue weighted by atomic mass is 79.9.